The van der Waals surface area contributed by atoms with Gasteiger partial charge < -0.3 is 4.90 Å². The lowest BCUT2D eigenvalue weighted by Crippen LogP contribution is -2.31. The SMILES string of the molecule is CN(C)c1cccc(N2C(=O)C(Cl)=C(c3cccs3)C2=O)c1. The van der Waals surface area contributed by atoms with E-state index in [1.165, 1.54) is 11.3 Å². The standard InChI is InChI=1S/C16H13ClN2O2S/c1-18(2)10-5-3-6-11(9-10)19-15(20)13(14(17)16(19)21)12-7-4-8-22-12/h3-9H,1-2H3. The number of benzene rings is 1. The number of nitrogens with zero attached hydrogens (tertiary/aromatic N) is 2. The fourth-order valence-electron chi connectivity index (χ4n) is 2.28. The van der Waals surface area contributed by atoms with Crippen LogP contribution in [0.1, 0.15) is 4.88 Å². The summed E-state index contributed by atoms with van der Waals surface area (Å²) in [6, 6.07) is 10.8. The molecule has 0 radical (unpaired) electrons. The molecule has 1 aliphatic heterocycles. The van der Waals surface area contributed by atoms with E-state index in [0.717, 1.165) is 10.6 Å². The molecule has 6 heteroatoms. The van der Waals surface area contributed by atoms with Crippen LogP contribution in [-0.2, 0) is 9.59 Å². The topological polar surface area (TPSA) is 40.6 Å². The number of carbonyl (C=O) groups excluding carboxylic acids is 2. The van der Waals surface area contributed by atoms with Crippen LogP contribution >= 0.6 is 22.9 Å². The van der Waals surface area contributed by atoms with Crippen LogP contribution < -0.4 is 9.80 Å². The van der Waals surface area contributed by atoms with Gasteiger partial charge in [-0.3, -0.25) is 9.59 Å². The summed E-state index contributed by atoms with van der Waals surface area (Å²) in [5.74, 6) is -0.862. The molecule has 0 bridgehead atoms. The smallest absolute Gasteiger partial charge is 0.277 e. The molecule has 4 nitrogen and oxygen atoms in total. The first kappa shape index (κ1) is 14.8. The minimum atomic E-state index is -0.481. The Labute approximate surface area is 137 Å². The third kappa shape index (κ3) is 2.32. The molecular weight excluding hydrogens is 320 g/mol. The predicted molar refractivity (Wildman–Crippen MR) is 90.4 cm³/mol. The maximum absolute atomic E-state index is 12.7. The molecule has 0 spiro atoms. The highest BCUT2D eigenvalue weighted by molar-refractivity contribution is 7.11. The van der Waals surface area contributed by atoms with E-state index in [4.69, 9.17) is 11.6 Å². The van der Waals surface area contributed by atoms with Gasteiger partial charge in [-0.2, -0.15) is 0 Å². The molecule has 0 atom stereocenters. The summed E-state index contributed by atoms with van der Waals surface area (Å²) in [6.07, 6.45) is 0. The zero-order chi connectivity index (χ0) is 15.9. The van der Waals surface area contributed by atoms with Crippen molar-refractivity contribution in [3.8, 4) is 0 Å². The number of thiophene rings is 1. The maximum Gasteiger partial charge on any atom is 0.277 e. The number of carbonyl (C=O) groups is 2. The summed E-state index contributed by atoms with van der Waals surface area (Å²) < 4.78 is 0. The number of hydrogen-bond acceptors (Lipinski definition) is 4. The third-order valence-electron chi connectivity index (χ3n) is 3.40. The first-order valence-electron chi connectivity index (χ1n) is 6.60. The van der Waals surface area contributed by atoms with Crippen LogP contribution in [0, 0.1) is 0 Å². The second-order valence-electron chi connectivity index (χ2n) is 5.03. The van der Waals surface area contributed by atoms with Crippen molar-refractivity contribution in [2.24, 2.45) is 0 Å². The lowest BCUT2D eigenvalue weighted by atomic mass is 10.2. The van der Waals surface area contributed by atoms with Gasteiger partial charge in [0.2, 0.25) is 0 Å². The second kappa shape index (κ2) is 5.59. The summed E-state index contributed by atoms with van der Waals surface area (Å²) in [5.41, 5.74) is 1.70. The van der Waals surface area contributed by atoms with Crippen molar-refractivity contribution < 1.29 is 9.59 Å². The van der Waals surface area contributed by atoms with Crippen LogP contribution in [0.5, 0.6) is 0 Å². The largest absolute Gasteiger partial charge is 0.378 e. The van der Waals surface area contributed by atoms with Crippen LogP contribution in [0.15, 0.2) is 46.8 Å². The van der Waals surface area contributed by atoms with Crippen molar-refractivity contribution in [2.45, 2.75) is 0 Å². The zero-order valence-electron chi connectivity index (χ0n) is 12.0. The molecule has 0 unspecified atom stereocenters. The number of amides is 2. The van der Waals surface area contributed by atoms with Crippen LogP contribution in [0.25, 0.3) is 5.57 Å². The van der Waals surface area contributed by atoms with Gasteiger partial charge in [0.1, 0.15) is 5.03 Å². The molecular formula is C16H13ClN2O2S. The van der Waals surface area contributed by atoms with E-state index in [1.54, 1.807) is 18.2 Å². The van der Waals surface area contributed by atoms with Gasteiger partial charge in [0.05, 0.1) is 11.3 Å². The van der Waals surface area contributed by atoms with Crippen molar-refractivity contribution >= 4 is 51.7 Å². The molecule has 3 rings (SSSR count). The van der Waals surface area contributed by atoms with E-state index < -0.39 is 5.91 Å². The number of hydrogen-bond donors (Lipinski definition) is 0. The van der Waals surface area contributed by atoms with Crippen molar-refractivity contribution in [3.63, 3.8) is 0 Å². The Balaban J connectivity index is 2.03. The molecule has 0 fully saturated rings. The van der Waals surface area contributed by atoms with Gasteiger partial charge in [0.15, 0.2) is 0 Å². The molecule has 22 heavy (non-hydrogen) atoms. The molecule has 1 aromatic heterocycles. The average Bonchev–Trinajstić information content (AvgIpc) is 3.08. The fraction of sp³-hybridized carbons (Fsp3) is 0.125. The Morgan fingerprint density at radius 2 is 1.86 bits per heavy atom. The quantitative estimate of drug-likeness (QED) is 0.809. The maximum atomic E-state index is 12.7. The normalized spacial score (nSPS) is 15.0. The number of halogens is 1. The Kier molecular flexibility index (Phi) is 3.76. The molecule has 0 saturated heterocycles. The lowest BCUT2D eigenvalue weighted by molar-refractivity contribution is -0.119. The van der Waals surface area contributed by atoms with E-state index in [9.17, 15) is 9.59 Å². The Bertz CT molecular complexity index is 781. The van der Waals surface area contributed by atoms with Gasteiger partial charge in [0.25, 0.3) is 11.8 Å². The highest BCUT2D eigenvalue weighted by Crippen LogP contribution is 2.37. The third-order valence-corrected chi connectivity index (χ3v) is 4.64. The first-order valence-corrected chi connectivity index (χ1v) is 7.86. The van der Waals surface area contributed by atoms with Crippen molar-refractivity contribution in [2.75, 3.05) is 23.9 Å². The molecule has 2 aromatic rings. The highest BCUT2D eigenvalue weighted by Gasteiger charge is 2.39. The van der Waals surface area contributed by atoms with E-state index in [0.29, 0.717) is 10.6 Å². The van der Waals surface area contributed by atoms with Crippen LogP contribution in [0.2, 0.25) is 0 Å². The van der Waals surface area contributed by atoms with Crippen molar-refractivity contribution in [3.05, 3.63) is 51.7 Å². The molecule has 0 saturated carbocycles. The lowest BCUT2D eigenvalue weighted by Gasteiger charge is -2.18. The minimum absolute atomic E-state index is 0.0253. The van der Waals surface area contributed by atoms with Crippen molar-refractivity contribution in [1.29, 1.82) is 0 Å². The van der Waals surface area contributed by atoms with Gasteiger partial charge >= 0.3 is 0 Å². The summed E-state index contributed by atoms with van der Waals surface area (Å²) in [7, 11) is 3.80. The van der Waals surface area contributed by atoms with E-state index in [1.807, 2.05) is 42.6 Å². The summed E-state index contributed by atoms with van der Waals surface area (Å²) in [6.45, 7) is 0. The predicted octanol–water partition coefficient (Wildman–Crippen LogP) is 3.34. The first-order chi connectivity index (χ1) is 10.5. The Morgan fingerprint density at radius 1 is 1.09 bits per heavy atom. The average molecular weight is 333 g/mol. The molecule has 2 amide bonds. The van der Waals surface area contributed by atoms with Crippen LogP contribution in [-0.4, -0.2) is 25.9 Å². The van der Waals surface area contributed by atoms with Gasteiger partial charge in [-0.05, 0) is 29.6 Å². The molecule has 1 aromatic carbocycles. The number of rotatable bonds is 3. The number of anilines is 2. The molecule has 0 N–H and O–H groups in total. The Morgan fingerprint density at radius 3 is 2.50 bits per heavy atom. The van der Waals surface area contributed by atoms with E-state index in [-0.39, 0.29) is 16.5 Å². The van der Waals surface area contributed by atoms with Crippen molar-refractivity contribution in [1.82, 2.24) is 0 Å². The van der Waals surface area contributed by atoms with Crippen LogP contribution in [0.4, 0.5) is 11.4 Å². The van der Waals surface area contributed by atoms with Gasteiger partial charge in [-0.25, -0.2) is 4.90 Å². The molecule has 112 valence electrons. The van der Waals surface area contributed by atoms with E-state index in [2.05, 4.69) is 0 Å². The number of imide groups is 1. The summed E-state index contributed by atoms with van der Waals surface area (Å²) in [4.78, 5) is 28.8. The van der Waals surface area contributed by atoms with E-state index >= 15 is 0 Å². The minimum Gasteiger partial charge on any atom is -0.378 e. The summed E-state index contributed by atoms with van der Waals surface area (Å²) in [5, 5.41) is 1.82. The molecule has 1 aliphatic rings. The second-order valence-corrected chi connectivity index (χ2v) is 6.35. The monoisotopic (exact) mass is 332 g/mol. The summed E-state index contributed by atoms with van der Waals surface area (Å²) >= 11 is 7.51. The molecule has 0 aliphatic carbocycles. The van der Waals surface area contributed by atoms with Crippen LogP contribution in [0.3, 0.4) is 0 Å². The van der Waals surface area contributed by atoms with Gasteiger partial charge in [0, 0.05) is 24.7 Å². The Hall–Kier alpha value is -2.11. The molecule has 2 heterocycles. The highest BCUT2D eigenvalue weighted by atomic mass is 35.5. The zero-order valence-corrected chi connectivity index (χ0v) is 13.6. The fourth-order valence-corrected chi connectivity index (χ4v) is 3.37. The van der Waals surface area contributed by atoms with Gasteiger partial charge in [-0.1, -0.05) is 23.7 Å². The van der Waals surface area contributed by atoms with Gasteiger partial charge in [-0.15, -0.1) is 11.3 Å².